The maximum atomic E-state index is 11.1. The van der Waals surface area contributed by atoms with Crippen molar-refractivity contribution in [2.24, 2.45) is 5.92 Å². The number of rotatable bonds is 3. The summed E-state index contributed by atoms with van der Waals surface area (Å²) in [4.78, 5) is 14.0. The van der Waals surface area contributed by atoms with Gasteiger partial charge in [0.1, 0.15) is 4.88 Å². The van der Waals surface area contributed by atoms with Gasteiger partial charge in [-0.2, -0.15) is 0 Å². The first-order chi connectivity index (χ1) is 8.09. The van der Waals surface area contributed by atoms with E-state index >= 15 is 0 Å². The second-order valence-electron chi connectivity index (χ2n) is 4.91. The molecule has 1 fully saturated rings. The smallest absolute Gasteiger partial charge is 0.346 e. The molecule has 94 valence electrons. The van der Waals surface area contributed by atoms with Gasteiger partial charge in [0.25, 0.3) is 0 Å². The summed E-state index contributed by atoms with van der Waals surface area (Å²) in [6.07, 6.45) is 2.51. The average molecular weight is 253 g/mol. The molecule has 0 bridgehead atoms. The van der Waals surface area contributed by atoms with Crippen LogP contribution in [0.4, 0.5) is 0 Å². The lowest BCUT2D eigenvalue weighted by atomic mass is 9.92. The van der Waals surface area contributed by atoms with Gasteiger partial charge in [-0.05, 0) is 49.2 Å². The molecule has 1 aromatic heterocycles. The Morgan fingerprint density at radius 2 is 2.35 bits per heavy atom. The molecule has 0 amide bonds. The monoisotopic (exact) mass is 253 g/mol. The van der Waals surface area contributed by atoms with Crippen LogP contribution in [0.25, 0.3) is 0 Å². The summed E-state index contributed by atoms with van der Waals surface area (Å²) in [5, 5.41) is 11.0. The van der Waals surface area contributed by atoms with Crippen molar-refractivity contribution in [2.75, 3.05) is 6.54 Å². The SMILES string of the molecule is CC1CCCN(Cc2ccsc2C(=O)O)C1C. The second kappa shape index (κ2) is 5.19. The maximum Gasteiger partial charge on any atom is 0.346 e. The Morgan fingerprint density at radius 3 is 3.06 bits per heavy atom. The average Bonchev–Trinajstić information content (AvgIpc) is 2.73. The summed E-state index contributed by atoms with van der Waals surface area (Å²) >= 11 is 1.32. The molecule has 2 heterocycles. The van der Waals surface area contributed by atoms with E-state index in [2.05, 4.69) is 18.7 Å². The molecule has 1 N–H and O–H groups in total. The highest BCUT2D eigenvalue weighted by Gasteiger charge is 2.25. The highest BCUT2D eigenvalue weighted by atomic mass is 32.1. The van der Waals surface area contributed by atoms with Crippen molar-refractivity contribution in [3.05, 3.63) is 21.9 Å². The quantitative estimate of drug-likeness (QED) is 0.900. The van der Waals surface area contributed by atoms with Gasteiger partial charge in [0.15, 0.2) is 0 Å². The number of carboxylic acids is 1. The van der Waals surface area contributed by atoms with Crippen LogP contribution in [0.3, 0.4) is 0 Å². The van der Waals surface area contributed by atoms with E-state index in [-0.39, 0.29) is 0 Å². The van der Waals surface area contributed by atoms with Crippen molar-refractivity contribution in [2.45, 2.75) is 39.3 Å². The molecule has 0 saturated carbocycles. The molecule has 3 nitrogen and oxygen atoms in total. The fourth-order valence-corrected chi connectivity index (χ4v) is 3.26. The Kier molecular flexibility index (Phi) is 3.84. The van der Waals surface area contributed by atoms with Crippen LogP contribution in [0.5, 0.6) is 0 Å². The van der Waals surface area contributed by atoms with E-state index in [0.717, 1.165) is 18.7 Å². The van der Waals surface area contributed by atoms with E-state index in [0.29, 0.717) is 16.8 Å². The molecule has 1 aliphatic rings. The highest BCUT2D eigenvalue weighted by molar-refractivity contribution is 7.12. The van der Waals surface area contributed by atoms with Crippen LogP contribution >= 0.6 is 11.3 Å². The molecule has 0 radical (unpaired) electrons. The highest BCUT2D eigenvalue weighted by Crippen LogP contribution is 2.26. The van der Waals surface area contributed by atoms with E-state index in [9.17, 15) is 4.79 Å². The van der Waals surface area contributed by atoms with Gasteiger partial charge in [-0.15, -0.1) is 11.3 Å². The van der Waals surface area contributed by atoms with Crippen molar-refractivity contribution in [3.63, 3.8) is 0 Å². The Labute approximate surface area is 106 Å². The number of hydrogen-bond donors (Lipinski definition) is 1. The topological polar surface area (TPSA) is 40.5 Å². The molecule has 0 spiro atoms. The second-order valence-corrected chi connectivity index (χ2v) is 5.83. The molecule has 1 aliphatic heterocycles. The van der Waals surface area contributed by atoms with Gasteiger partial charge >= 0.3 is 5.97 Å². The third-order valence-corrected chi connectivity index (χ3v) is 4.76. The minimum atomic E-state index is -0.798. The number of nitrogens with zero attached hydrogens (tertiary/aromatic N) is 1. The normalized spacial score (nSPS) is 26.0. The predicted molar refractivity (Wildman–Crippen MR) is 69.5 cm³/mol. The molecule has 0 aromatic carbocycles. The molecular formula is C13H19NO2S. The van der Waals surface area contributed by atoms with Crippen LogP contribution in [-0.2, 0) is 6.54 Å². The fourth-order valence-electron chi connectivity index (χ4n) is 2.51. The Bertz CT molecular complexity index is 402. The molecular weight excluding hydrogens is 234 g/mol. The van der Waals surface area contributed by atoms with Crippen molar-refractivity contribution in [1.29, 1.82) is 0 Å². The minimum Gasteiger partial charge on any atom is -0.477 e. The number of piperidine rings is 1. The van der Waals surface area contributed by atoms with Crippen LogP contribution in [0, 0.1) is 5.92 Å². The number of aromatic carboxylic acids is 1. The first-order valence-electron chi connectivity index (χ1n) is 6.13. The zero-order valence-electron chi connectivity index (χ0n) is 10.3. The van der Waals surface area contributed by atoms with Gasteiger partial charge in [0.2, 0.25) is 0 Å². The van der Waals surface area contributed by atoms with Crippen molar-refractivity contribution >= 4 is 17.3 Å². The lowest BCUT2D eigenvalue weighted by molar-refractivity contribution is 0.0695. The summed E-state index contributed by atoms with van der Waals surface area (Å²) < 4.78 is 0. The Hall–Kier alpha value is -0.870. The van der Waals surface area contributed by atoms with Gasteiger partial charge < -0.3 is 5.11 Å². The van der Waals surface area contributed by atoms with E-state index < -0.39 is 5.97 Å². The molecule has 2 atom stereocenters. The van der Waals surface area contributed by atoms with Crippen molar-refractivity contribution in [1.82, 2.24) is 4.90 Å². The van der Waals surface area contributed by atoms with E-state index in [1.54, 1.807) is 0 Å². The largest absolute Gasteiger partial charge is 0.477 e. The molecule has 2 rings (SSSR count). The standard InChI is InChI=1S/C13H19NO2S/c1-9-4-3-6-14(10(9)2)8-11-5-7-17-12(11)13(15)16/h5,7,9-10H,3-4,6,8H2,1-2H3,(H,15,16). The van der Waals surface area contributed by atoms with Gasteiger partial charge in [-0.3, -0.25) is 4.90 Å². The molecule has 2 unspecified atom stereocenters. The van der Waals surface area contributed by atoms with Gasteiger partial charge in [0, 0.05) is 12.6 Å². The van der Waals surface area contributed by atoms with Gasteiger partial charge in [-0.1, -0.05) is 6.92 Å². The summed E-state index contributed by atoms with van der Waals surface area (Å²) in [7, 11) is 0. The van der Waals surface area contributed by atoms with Crippen molar-refractivity contribution in [3.8, 4) is 0 Å². The van der Waals surface area contributed by atoms with Crippen LogP contribution in [0.2, 0.25) is 0 Å². The predicted octanol–water partition coefficient (Wildman–Crippen LogP) is 3.07. The fraction of sp³-hybridized carbons (Fsp3) is 0.615. The minimum absolute atomic E-state index is 0.496. The van der Waals surface area contributed by atoms with Crippen LogP contribution in [0.15, 0.2) is 11.4 Å². The first kappa shape index (κ1) is 12.6. The summed E-state index contributed by atoms with van der Waals surface area (Å²) in [6, 6.07) is 2.49. The molecule has 1 saturated heterocycles. The molecule has 4 heteroatoms. The number of thiophene rings is 1. The molecule has 17 heavy (non-hydrogen) atoms. The zero-order valence-corrected chi connectivity index (χ0v) is 11.2. The van der Waals surface area contributed by atoms with Gasteiger partial charge in [0.05, 0.1) is 0 Å². The molecule has 1 aromatic rings. The van der Waals surface area contributed by atoms with E-state index in [1.807, 2.05) is 11.4 Å². The summed E-state index contributed by atoms with van der Waals surface area (Å²) in [6.45, 7) is 6.39. The number of carbonyl (C=O) groups is 1. The lowest BCUT2D eigenvalue weighted by Gasteiger charge is -2.37. The number of hydrogen-bond acceptors (Lipinski definition) is 3. The van der Waals surface area contributed by atoms with E-state index in [4.69, 9.17) is 5.11 Å². The van der Waals surface area contributed by atoms with Crippen molar-refractivity contribution < 1.29 is 9.90 Å². The van der Waals surface area contributed by atoms with E-state index in [1.165, 1.54) is 24.2 Å². The maximum absolute atomic E-state index is 11.1. The number of likely N-dealkylation sites (tertiary alicyclic amines) is 1. The van der Waals surface area contributed by atoms with Gasteiger partial charge in [-0.25, -0.2) is 4.79 Å². The summed E-state index contributed by atoms with van der Waals surface area (Å²) in [5.41, 5.74) is 0.962. The summed E-state index contributed by atoms with van der Waals surface area (Å²) in [5.74, 6) is -0.0941. The molecule has 0 aliphatic carbocycles. The third-order valence-electron chi connectivity index (χ3n) is 3.82. The Morgan fingerprint density at radius 1 is 1.59 bits per heavy atom. The van der Waals surface area contributed by atoms with Crippen LogP contribution in [0.1, 0.15) is 41.9 Å². The lowest BCUT2D eigenvalue weighted by Crippen LogP contribution is -2.41. The first-order valence-corrected chi connectivity index (χ1v) is 7.01. The number of carboxylic acid groups (broad SMARTS) is 1. The Balaban J connectivity index is 2.09. The third kappa shape index (κ3) is 2.69. The van der Waals surface area contributed by atoms with Crippen LogP contribution < -0.4 is 0 Å². The van der Waals surface area contributed by atoms with Crippen LogP contribution in [-0.4, -0.2) is 28.6 Å². The zero-order chi connectivity index (χ0) is 12.4.